The van der Waals surface area contributed by atoms with Crippen LogP contribution in [0.5, 0.6) is 0 Å². The van der Waals surface area contributed by atoms with Crippen molar-refractivity contribution in [2.75, 3.05) is 7.05 Å². The van der Waals surface area contributed by atoms with Crippen LogP contribution in [0.2, 0.25) is 0 Å². The van der Waals surface area contributed by atoms with Crippen molar-refractivity contribution >= 4 is 11.4 Å². The fourth-order valence-electron chi connectivity index (χ4n) is 3.59. The van der Waals surface area contributed by atoms with Gasteiger partial charge in [-0.15, -0.1) is 0 Å². The second-order valence-corrected chi connectivity index (χ2v) is 6.52. The molecule has 0 atom stereocenters. The normalized spacial score (nSPS) is 12.5. The van der Waals surface area contributed by atoms with Crippen molar-refractivity contribution in [3.63, 3.8) is 0 Å². The van der Waals surface area contributed by atoms with Crippen LogP contribution < -0.4 is 0 Å². The number of benzene rings is 3. The number of aliphatic imine (C=N–C) groups is 1. The van der Waals surface area contributed by atoms with Gasteiger partial charge in [-0.1, -0.05) is 30.3 Å². The van der Waals surface area contributed by atoms with Gasteiger partial charge >= 0.3 is 0 Å². The van der Waals surface area contributed by atoms with E-state index in [1.807, 2.05) is 0 Å². The molecule has 0 N–H and O–H groups in total. The molecule has 0 aromatic heterocycles. The molecule has 3 aromatic carbocycles. The molecule has 0 bridgehead atoms. The molecule has 29 heavy (non-hydrogen) atoms. The van der Waals surface area contributed by atoms with Gasteiger partial charge in [0.15, 0.2) is 29.0 Å². The van der Waals surface area contributed by atoms with Crippen LogP contribution >= 0.6 is 0 Å². The Morgan fingerprint density at radius 2 is 1.48 bits per heavy atom. The predicted molar refractivity (Wildman–Crippen MR) is 98.7 cm³/mol. The first-order valence-corrected chi connectivity index (χ1v) is 8.50. The molecule has 0 radical (unpaired) electrons. The third-order valence-electron chi connectivity index (χ3n) is 4.94. The van der Waals surface area contributed by atoms with E-state index >= 15 is 0 Å². The van der Waals surface area contributed by atoms with Crippen molar-refractivity contribution in [1.29, 1.82) is 0 Å². The Morgan fingerprint density at radius 3 is 2.10 bits per heavy atom. The zero-order valence-corrected chi connectivity index (χ0v) is 15.0. The van der Waals surface area contributed by atoms with E-state index in [-0.39, 0.29) is 11.3 Å². The zero-order valence-electron chi connectivity index (χ0n) is 15.0. The van der Waals surface area contributed by atoms with Gasteiger partial charge in [-0.3, -0.25) is 4.99 Å². The first-order valence-electron chi connectivity index (χ1n) is 8.50. The minimum atomic E-state index is -2.21. The highest BCUT2D eigenvalue weighted by atomic mass is 19.2. The molecule has 0 saturated heterocycles. The van der Waals surface area contributed by atoms with Crippen molar-refractivity contribution in [3.8, 4) is 11.1 Å². The summed E-state index contributed by atoms with van der Waals surface area (Å²) in [6, 6.07) is 10.1. The van der Waals surface area contributed by atoms with Crippen LogP contribution in [0, 0.1) is 35.7 Å². The Bertz CT molecular complexity index is 1230. The lowest BCUT2D eigenvalue weighted by Gasteiger charge is -2.12. The number of hydrogen-bond donors (Lipinski definition) is 0. The van der Waals surface area contributed by atoms with Crippen LogP contribution in [-0.2, 0) is 6.42 Å². The zero-order chi connectivity index (χ0) is 20.9. The average Bonchev–Trinajstić information content (AvgIpc) is 3.10. The first-order chi connectivity index (χ1) is 13.9. The maximum absolute atomic E-state index is 14.3. The van der Waals surface area contributed by atoms with E-state index in [4.69, 9.17) is 6.57 Å². The first kappa shape index (κ1) is 18.8. The third-order valence-corrected chi connectivity index (χ3v) is 4.94. The standard InChI is InChI=1S/C22H11F5N2/c1-28-13-5-6-14-12(8-13)7-10-3-4-11(9-15(10)14)22(29-2)16-17(23)19(25)21(27)20(26)18(16)24/h3-6,8-9H,7H2,2H3. The summed E-state index contributed by atoms with van der Waals surface area (Å²) in [7, 11) is 1.22. The highest BCUT2D eigenvalue weighted by Gasteiger charge is 2.29. The summed E-state index contributed by atoms with van der Waals surface area (Å²) in [5, 5.41) is 0. The SMILES string of the molecule is [C-]#[N+]c1ccc2c(c1)Cc1ccc(C(=NC)c3c(F)c(F)c(F)c(F)c3F)cc1-2. The Labute approximate surface area is 162 Å². The monoisotopic (exact) mass is 398 g/mol. The molecule has 144 valence electrons. The van der Waals surface area contributed by atoms with Crippen molar-refractivity contribution in [2.45, 2.75) is 6.42 Å². The number of hydrogen-bond acceptors (Lipinski definition) is 1. The molecule has 0 unspecified atom stereocenters. The maximum atomic E-state index is 14.3. The number of rotatable bonds is 2. The predicted octanol–water partition coefficient (Wildman–Crippen LogP) is 5.97. The number of halogens is 5. The summed E-state index contributed by atoms with van der Waals surface area (Å²) in [4.78, 5) is 7.21. The van der Waals surface area contributed by atoms with E-state index in [1.165, 1.54) is 13.1 Å². The molecule has 3 aromatic rings. The molecule has 0 amide bonds. The Balaban J connectivity index is 1.88. The molecule has 0 fully saturated rings. The topological polar surface area (TPSA) is 16.7 Å². The second-order valence-electron chi connectivity index (χ2n) is 6.52. The van der Waals surface area contributed by atoms with Crippen molar-refractivity contribution in [1.82, 2.24) is 0 Å². The van der Waals surface area contributed by atoms with Gasteiger partial charge in [0.25, 0.3) is 0 Å². The molecule has 0 aliphatic heterocycles. The fraction of sp³-hybridized carbons (Fsp3) is 0.0909. The van der Waals surface area contributed by atoms with E-state index < -0.39 is 34.6 Å². The van der Waals surface area contributed by atoms with Crippen LogP contribution in [0.25, 0.3) is 16.0 Å². The Morgan fingerprint density at radius 1 is 0.828 bits per heavy atom. The lowest BCUT2D eigenvalue weighted by atomic mass is 9.96. The minimum absolute atomic E-state index is 0.219. The van der Waals surface area contributed by atoms with Gasteiger partial charge in [0.2, 0.25) is 5.82 Å². The summed E-state index contributed by atoms with van der Waals surface area (Å²) in [6.45, 7) is 7.12. The molecule has 0 heterocycles. The van der Waals surface area contributed by atoms with Crippen LogP contribution in [0.3, 0.4) is 0 Å². The molecular weight excluding hydrogens is 387 g/mol. The van der Waals surface area contributed by atoms with E-state index in [1.54, 1.807) is 30.3 Å². The van der Waals surface area contributed by atoms with Gasteiger partial charge in [-0.05, 0) is 34.7 Å². The summed E-state index contributed by atoms with van der Waals surface area (Å²) in [5.41, 5.74) is 2.78. The highest BCUT2D eigenvalue weighted by Crippen LogP contribution is 2.39. The van der Waals surface area contributed by atoms with E-state index in [0.717, 1.165) is 22.3 Å². The second kappa shape index (κ2) is 6.82. The molecule has 1 aliphatic carbocycles. The third kappa shape index (κ3) is 2.80. The number of fused-ring (bicyclic) bond motifs is 3. The molecule has 4 rings (SSSR count). The molecule has 0 spiro atoms. The van der Waals surface area contributed by atoms with Gasteiger partial charge < -0.3 is 0 Å². The van der Waals surface area contributed by atoms with E-state index in [2.05, 4.69) is 9.84 Å². The summed E-state index contributed by atoms with van der Waals surface area (Å²) >= 11 is 0. The minimum Gasteiger partial charge on any atom is -0.287 e. The smallest absolute Gasteiger partial charge is 0.200 e. The fourth-order valence-corrected chi connectivity index (χ4v) is 3.59. The van der Waals surface area contributed by atoms with E-state index in [9.17, 15) is 22.0 Å². The molecule has 7 heteroatoms. The van der Waals surface area contributed by atoms with Gasteiger partial charge in [-0.2, -0.15) is 0 Å². The molecule has 2 nitrogen and oxygen atoms in total. The quantitative estimate of drug-likeness (QED) is 0.130. The van der Waals surface area contributed by atoms with Crippen LogP contribution in [0.1, 0.15) is 22.3 Å². The van der Waals surface area contributed by atoms with Crippen molar-refractivity contribution in [3.05, 3.63) is 99.2 Å². The van der Waals surface area contributed by atoms with Crippen molar-refractivity contribution < 1.29 is 22.0 Å². The lowest BCUT2D eigenvalue weighted by molar-refractivity contribution is 0.377. The van der Waals surface area contributed by atoms with Crippen LogP contribution in [0.4, 0.5) is 27.6 Å². The lowest BCUT2D eigenvalue weighted by Crippen LogP contribution is -2.14. The largest absolute Gasteiger partial charge is 0.287 e. The average molecular weight is 398 g/mol. The molecule has 0 saturated carbocycles. The summed E-state index contributed by atoms with van der Waals surface area (Å²) in [5.74, 6) is -10.1. The highest BCUT2D eigenvalue weighted by molar-refractivity contribution is 6.14. The van der Waals surface area contributed by atoms with Crippen molar-refractivity contribution in [2.24, 2.45) is 4.99 Å². The Kier molecular flexibility index (Phi) is 4.42. The Hall–Kier alpha value is -3.53. The van der Waals surface area contributed by atoms with E-state index in [0.29, 0.717) is 12.1 Å². The number of nitrogens with zero attached hydrogens (tertiary/aromatic N) is 2. The maximum Gasteiger partial charge on any atom is 0.200 e. The molecular formula is C22H11F5N2. The van der Waals surface area contributed by atoms with Gasteiger partial charge in [-0.25, -0.2) is 26.8 Å². The van der Waals surface area contributed by atoms with Gasteiger partial charge in [0.05, 0.1) is 17.8 Å². The molecule has 1 aliphatic rings. The summed E-state index contributed by atoms with van der Waals surface area (Å²) in [6.07, 6.45) is 0.579. The van der Waals surface area contributed by atoms with Gasteiger partial charge in [0, 0.05) is 12.6 Å². The van der Waals surface area contributed by atoms with Gasteiger partial charge in [0.1, 0.15) is 0 Å². The van der Waals surface area contributed by atoms with Crippen LogP contribution in [-0.4, -0.2) is 12.8 Å². The summed E-state index contributed by atoms with van der Waals surface area (Å²) < 4.78 is 69.3. The van der Waals surface area contributed by atoms with Crippen LogP contribution in [0.15, 0.2) is 41.4 Å².